The smallest absolute Gasteiger partial charge is 0.233 e. The standard InChI is InChI=1S/C24H29N5O/c1-19-26-27-23(30-19)22-14-24(18-29(22)17-20-6-3-2-4-7-20)9-12-28(13-10-24)16-21-8-5-11-25-15-21/h2-8,11,15,22H,9-10,12-14,16-18H2,1H3. The topological polar surface area (TPSA) is 58.3 Å². The molecule has 3 aromatic rings. The van der Waals surface area contributed by atoms with Crippen molar-refractivity contribution in [3.63, 3.8) is 0 Å². The second kappa shape index (κ2) is 8.28. The molecule has 2 aliphatic heterocycles. The van der Waals surface area contributed by atoms with Crippen molar-refractivity contribution in [3.8, 4) is 0 Å². The van der Waals surface area contributed by atoms with Crippen LogP contribution in [0.1, 0.15) is 48.2 Å². The first kappa shape index (κ1) is 19.4. The minimum absolute atomic E-state index is 0.205. The lowest BCUT2D eigenvalue weighted by molar-refractivity contribution is 0.102. The van der Waals surface area contributed by atoms with Crippen LogP contribution in [-0.4, -0.2) is 44.6 Å². The molecule has 2 fully saturated rings. The fourth-order valence-electron chi connectivity index (χ4n) is 5.12. The SMILES string of the molecule is Cc1nnc(C2CC3(CCN(Cc4cccnc4)CC3)CN2Cc2ccccc2)o1. The number of aromatic nitrogens is 3. The van der Waals surface area contributed by atoms with Crippen LogP contribution < -0.4 is 0 Å². The maximum Gasteiger partial charge on any atom is 0.233 e. The van der Waals surface area contributed by atoms with Crippen LogP contribution in [0.4, 0.5) is 0 Å². The molecule has 2 aromatic heterocycles. The molecule has 1 atom stereocenters. The fraction of sp³-hybridized carbons (Fsp3) is 0.458. The van der Waals surface area contributed by atoms with Gasteiger partial charge in [-0.15, -0.1) is 10.2 Å². The number of pyridine rings is 1. The predicted molar refractivity (Wildman–Crippen MR) is 114 cm³/mol. The zero-order valence-corrected chi connectivity index (χ0v) is 17.6. The van der Waals surface area contributed by atoms with Crippen molar-refractivity contribution in [3.05, 3.63) is 77.8 Å². The molecule has 5 rings (SSSR count). The van der Waals surface area contributed by atoms with Crippen LogP contribution in [0.5, 0.6) is 0 Å². The lowest BCUT2D eigenvalue weighted by atomic mass is 9.76. The van der Waals surface area contributed by atoms with Gasteiger partial charge in [0.2, 0.25) is 11.8 Å². The van der Waals surface area contributed by atoms with Gasteiger partial charge >= 0.3 is 0 Å². The Morgan fingerprint density at radius 1 is 1.00 bits per heavy atom. The van der Waals surface area contributed by atoms with Gasteiger partial charge < -0.3 is 4.42 Å². The minimum Gasteiger partial charge on any atom is -0.424 e. The highest BCUT2D eigenvalue weighted by atomic mass is 16.4. The Labute approximate surface area is 177 Å². The number of likely N-dealkylation sites (tertiary alicyclic amines) is 2. The molecule has 0 saturated carbocycles. The molecule has 2 aliphatic rings. The van der Waals surface area contributed by atoms with Crippen molar-refractivity contribution in [2.45, 2.75) is 45.3 Å². The van der Waals surface area contributed by atoms with Crippen LogP contribution >= 0.6 is 0 Å². The molecule has 156 valence electrons. The maximum atomic E-state index is 5.89. The van der Waals surface area contributed by atoms with Gasteiger partial charge in [-0.25, -0.2) is 0 Å². The van der Waals surface area contributed by atoms with Gasteiger partial charge in [0.15, 0.2) is 0 Å². The molecule has 4 heterocycles. The number of benzene rings is 1. The summed E-state index contributed by atoms with van der Waals surface area (Å²) in [5.74, 6) is 1.43. The molecule has 1 spiro atoms. The summed E-state index contributed by atoms with van der Waals surface area (Å²) in [6, 6.07) is 15.1. The van der Waals surface area contributed by atoms with Crippen LogP contribution in [-0.2, 0) is 13.1 Å². The molecule has 6 nitrogen and oxygen atoms in total. The van der Waals surface area contributed by atoms with Gasteiger partial charge in [-0.3, -0.25) is 14.8 Å². The van der Waals surface area contributed by atoms with Gasteiger partial charge in [-0.2, -0.15) is 0 Å². The Morgan fingerprint density at radius 3 is 2.50 bits per heavy atom. The van der Waals surface area contributed by atoms with Crippen molar-refractivity contribution in [1.29, 1.82) is 0 Å². The average molecular weight is 404 g/mol. The summed E-state index contributed by atoms with van der Waals surface area (Å²) in [7, 11) is 0. The van der Waals surface area contributed by atoms with E-state index in [1.54, 1.807) is 0 Å². The third-order valence-corrected chi connectivity index (χ3v) is 6.71. The number of hydrogen-bond acceptors (Lipinski definition) is 6. The van der Waals surface area contributed by atoms with E-state index in [2.05, 4.69) is 61.4 Å². The van der Waals surface area contributed by atoms with Crippen LogP contribution in [0, 0.1) is 12.3 Å². The lowest BCUT2D eigenvalue weighted by Gasteiger charge is -2.39. The van der Waals surface area contributed by atoms with E-state index >= 15 is 0 Å². The highest BCUT2D eigenvalue weighted by molar-refractivity contribution is 5.16. The van der Waals surface area contributed by atoms with Gasteiger partial charge in [0.05, 0.1) is 6.04 Å². The summed E-state index contributed by atoms with van der Waals surface area (Å²) in [5.41, 5.74) is 2.96. The Bertz CT molecular complexity index is 950. The molecule has 6 heteroatoms. The van der Waals surface area contributed by atoms with E-state index < -0.39 is 0 Å². The minimum atomic E-state index is 0.205. The zero-order valence-electron chi connectivity index (χ0n) is 17.6. The molecule has 30 heavy (non-hydrogen) atoms. The van der Waals surface area contributed by atoms with Crippen molar-refractivity contribution >= 4 is 0 Å². The molecule has 0 N–H and O–H groups in total. The monoisotopic (exact) mass is 403 g/mol. The molecular formula is C24H29N5O. The third-order valence-electron chi connectivity index (χ3n) is 6.71. The van der Waals surface area contributed by atoms with Crippen LogP contribution in [0.2, 0.25) is 0 Å². The summed E-state index contributed by atoms with van der Waals surface area (Å²) in [5, 5.41) is 8.50. The molecule has 0 aliphatic carbocycles. The van der Waals surface area contributed by atoms with E-state index in [0.717, 1.165) is 45.0 Å². The van der Waals surface area contributed by atoms with Gasteiger partial charge in [-0.05, 0) is 55.0 Å². The Kier molecular flexibility index (Phi) is 5.35. The molecule has 0 amide bonds. The van der Waals surface area contributed by atoms with Gasteiger partial charge in [0, 0.05) is 39.0 Å². The molecule has 1 aromatic carbocycles. The van der Waals surface area contributed by atoms with Crippen LogP contribution in [0.15, 0.2) is 59.3 Å². The molecule has 0 bridgehead atoms. The van der Waals surface area contributed by atoms with Crippen molar-refractivity contribution in [2.75, 3.05) is 19.6 Å². The summed E-state index contributed by atoms with van der Waals surface area (Å²) in [6.45, 7) is 7.14. The molecular weight excluding hydrogens is 374 g/mol. The molecule has 2 saturated heterocycles. The second-order valence-electron chi connectivity index (χ2n) is 8.91. The number of hydrogen-bond donors (Lipinski definition) is 0. The number of aryl methyl sites for hydroxylation is 1. The van der Waals surface area contributed by atoms with Crippen LogP contribution in [0.25, 0.3) is 0 Å². The zero-order chi connectivity index (χ0) is 20.4. The fourth-order valence-corrected chi connectivity index (χ4v) is 5.12. The van der Waals surface area contributed by atoms with E-state index in [-0.39, 0.29) is 6.04 Å². The third kappa shape index (κ3) is 4.16. The van der Waals surface area contributed by atoms with E-state index in [1.165, 1.54) is 24.0 Å². The lowest BCUT2D eigenvalue weighted by Crippen LogP contribution is -2.41. The Hall–Kier alpha value is -2.57. The molecule has 0 radical (unpaired) electrons. The van der Waals surface area contributed by atoms with Crippen molar-refractivity contribution in [2.24, 2.45) is 5.41 Å². The van der Waals surface area contributed by atoms with Crippen molar-refractivity contribution < 1.29 is 4.42 Å². The summed E-state index contributed by atoms with van der Waals surface area (Å²) < 4.78 is 5.89. The van der Waals surface area contributed by atoms with Crippen molar-refractivity contribution in [1.82, 2.24) is 25.0 Å². The first-order valence-electron chi connectivity index (χ1n) is 10.9. The van der Waals surface area contributed by atoms with Crippen LogP contribution in [0.3, 0.4) is 0 Å². The predicted octanol–water partition coefficient (Wildman–Crippen LogP) is 4.00. The number of rotatable bonds is 5. The highest BCUT2D eigenvalue weighted by Crippen LogP contribution is 2.49. The molecule has 1 unspecified atom stereocenters. The van der Waals surface area contributed by atoms with E-state index in [9.17, 15) is 0 Å². The maximum absolute atomic E-state index is 5.89. The summed E-state index contributed by atoms with van der Waals surface area (Å²) >= 11 is 0. The van der Waals surface area contributed by atoms with E-state index in [0.29, 0.717) is 11.3 Å². The summed E-state index contributed by atoms with van der Waals surface area (Å²) in [6.07, 6.45) is 7.34. The van der Waals surface area contributed by atoms with E-state index in [4.69, 9.17) is 4.42 Å². The van der Waals surface area contributed by atoms with Gasteiger partial charge in [-0.1, -0.05) is 36.4 Å². The Balaban J connectivity index is 1.30. The first-order valence-corrected chi connectivity index (χ1v) is 10.9. The average Bonchev–Trinajstić information content (AvgIpc) is 3.35. The van der Waals surface area contributed by atoms with E-state index in [1.807, 2.05) is 25.4 Å². The second-order valence-corrected chi connectivity index (χ2v) is 8.91. The highest BCUT2D eigenvalue weighted by Gasteiger charge is 2.47. The van der Waals surface area contributed by atoms with Gasteiger partial charge in [0.25, 0.3) is 0 Å². The Morgan fingerprint density at radius 2 is 1.80 bits per heavy atom. The van der Waals surface area contributed by atoms with Gasteiger partial charge in [0.1, 0.15) is 0 Å². The quantitative estimate of drug-likeness (QED) is 0.642. The number of piperidine rings is 1. The largest absolute Gasteiger partial charge is 0.424 e. The first-order chi connectivity index (χ1) is 14.7. The normalized spacial score (nSPS) is 22.0. The summed E-state index contributed by atoms with van der Waals surface area (Å²) in [4.78, 5) is 9.38. The number of nitrogens with zero attached hydrogens (tertiary/aromatic N) is 5.